The molecule has 0 amide bonds. The lowest BCUT2D eigenvalue weighted by Gasteiger charge is -2.10. The lowest BCUT2D eigenvalue weighted by Crippen LogP contribution is -2.15. The van der Waals surface area contributed by atoms with Crippen molar-refractivity contribution < 1.29 is 23.4 Å². The van der Waals surface area contributed by atoms with E-state index in [1.54, 1.807) is 0 Å². The number of ether oxygens (including phenoxy) is 2. The van der Waals surface area contributed by atoms with E-state index in [9.17, 15) is 8.78 Å². The SMILES string of the molecule is CCCNCc1cc(F)c(OCCOCCO)c(F)c1. The van der Waals surface area contributed by atoms with Crippen molar-refractivity contribution in [1.82, 2.24) is 5.32 Å². The molecular weight excluding hydrogens is 268 g/mol. The van der Waals surface area contributed by atoms with E-state index in [0.29, 0.717) is 12.1 Å². The van der Waals surface area contributed by atoms with Gasteiger partial charge in [-0.05, 0) is 30.7 Å². The highest BCUT2D eigenvalue weighted by Crippen LogP contribution is 2.23. The second kappa shape index (κ2) is 9.63. The Bertz CT molecular complexity index is 379. The smallest absolute Gasteiger partial charge is 0.190 e. The summed E-state index contributed by atoms with van der Waals surface area (Å²) in [6.07, 6.45) is 0.958. The van der Waals surface area contributed by atoms with E-state index in [4.69, 9.17) is 14.6 Å². The molecule has 0 aliphatic carbocycles. The van der Waals surface area contributed by atoms with Gasteiger partial charge in [0.05, 0.1) is 19.8 Å². The van der Waals surface area contributed by atoms with Gasteiger partial charge in [-0.2, -0.15) is 0 Å². The van der Waals surface area contributed by atoms with Crippen LogP contribution in [0.15, 0.2) is 12.1 Å². The molecule has 1 aromatic carbocycles. The lowest BCUT2D eigenvalue weighted by atomic mass is 10.2. The van der Waals surface area contributed by atoms with Crippen LogP contribution in [0.2, 0.25) is 0 Å². The molecular formula is C14H21F2NO3. The lowest BCUT2D eigenvalue weighted by molar-refractivity contribution is 0.0686. The van der Waals surface area contributed by atoms with E-state index in [1.807, 2.05) is 6.92 Å². The molecule has 0 unspecified atom stereocenters. The molecule has 0 saturated heterocycles. The standard InChI is InChI=1S/C14H21F2NO3/c1-2-3-17-10-11-8-12(15)14(13(16)9-11)20-7-6-19-5-4-18/h8-9,17-18H,2-7,10H2,1H3. The van der Waals surface area contributed by atoms with Crippen LogP contribution in [0.4, 0.5) is 8.78 Å². The van der Waals surface area contributed by atoms with Gasteiger partial charge in [0.25, 0.3) is 0 Å². The van der Waals surface area contributed by atoms with Crippen molar-refractivity contribution in [3.63, 3.8) is 0 Å². The predicted molar refractivity (Wildman–Crippen MR) is 71.8 cm³/mol. The van der Waals surface area contributed by atoms with Crippen molar-refractivity contribution in [3.05, 3.63) is 29.3 Å². The molecule has 0 aliphatic heterocycles. The van der Waals surface area contributed by atoms with Crippen molar-refractivity contribution in [2.24, 2.45) is 0 Å². The Morgan fingerprint density at radius 1 is 1.15 bits per heavy atom. The van der Waals surface area contributed by atoms with E-state index >= 15 is 0 Å². The van der Waals surface area contributed by atoms with Crippen LogP contribution in [0.5, 0.6) is 5.75 Å². The molecule has 20 heavy (non-hydrogen) atoms. The predicted octanol–water partition coefficient (Wildman–Crippen LogP) is 1.85. The first kappa shape index (κ1) is 16.8. The largest absolute Gasteiger partial charge is 0.485 e. The fourth-order valence-electron chi connectivity index (χ4n) is 1.63. The second-order valence-corrected chi connectivity index (χ2v) is 4.25. The van der Waals surface area contributed by atoms with Crippen LogP contribution in [-0.2, 0) is 11.3 Å². The maximum absolute atomic E-state index is 13.7. The van der Waals surface area contributed by atoms with E-state index < -0.39 is 17.4 Å². The summed E-state index contributed by atoms with van der Waals surface area (Å²) in [6, 6.07) is 2.52. The quantitative estimate of drug-likeness (QED) is 0.646. The fourth-order valence-corrected chi connectivity index (χ4v) is 1.63. The highest BCUT2D eigenvalue weighted by atomic mass is 19.1. The summed E-state index contributed by atoms with van der Waals surface area (Å²) in [7, 11) is 0. The monoisotopic (exact) mass is 289 g/mol. The maximum atomic E-state index is 13.7. The van der Waals surface area contributed by atoms with Crippen LogP contribution >= 0.6 is 0 Å². The van der Waals surface area contributed by atoms with E-state index in [0.717, 1.165) is 13.0 Å². The molecule has 0 atom stereocenters. The zero-order chi connectivity index (χ0) is 14.8. The molecule has 6 heteroatoms. The number of hydrogen-bond acceptors (Lipinski definition) is 4. The molecule has 2 N–H and O–H groups in total. The van der Waals surface area contributed by atoms with Crippen molar-refractivity contribution in [2.45, 2.75) is 19.9 Å². The molecule has 0 radical (unpaired) electrons. The molecule has 0 fully saturated rings. The van der Waals surface area contributed by atoms with Gasteiger partial charge in [-0.1, -0.05) is 6.92 Å². The Morgan fingerprint density at radius 2 is 1.85 bits per heavy atom. The number of aliphatic hydroxyl groups excluding tert-OH is 1. The van der Waals surface area contributed by atoms with Crippen LogP contribution < -0.4 is 10.1 Å². The van der Waals surface area contributed by atoms with Gasteiger partial charge in [0.15, 0.2) is 17.4 Å². The molecule has 4 nitrogen and oxygen atoms in total. The summed E-state index contributed by atoms with van der Waals surface area (Å²) in [5.41, 5.74) is 0.539. The molecule has 0 heterocycles. The molecule has 0 bridgehead atoms. The van der Waals surface area contributed by atoms with Gasteiger partial charge in [-0.25, -0.2) is 8.78 Å². The molecule has 1 aromatic rings. The summed E-state index contributed by atoms with van der Waals surface area (Å²) < 4.78 is 37.4. The summed E-state index contributed by atoms with van der Waals surface area (Å²) in [5.74, 6) is -1.84. The average Bonchev–Trinajstić information content (AvgIpc) is 2.41. The third-order valence-electron chi connectivity index (χ3n) is 2.52. The van der Waals surface area contributed by atoms with Crippen LogP contribution in [0.25, 0.3) is 0 Å². The van der Waals surface area contributed by atoms with Crippen LogP contribution in [0.1, 0.15) is 18.9 Å². The van der Waals surface area contributed by atoms with Crippen LogP contribution in [0, 0.1) is 11.6 Å². The van der Waals surface area contributed by atoms with Gasteiger partial charge in [0.2, 0.25) is 0 Å². The first-order valence-electron chi connectivity index (χ1n) is 6.69. The van der Waals surface area contributed by atoms with Crippen molar-refractivity contribution in [2.75, 3.05) is 33.0 Å². The molecule has 0 aliphatic rings. The van der Waals surface area contributed by atoms with Gasteiger partial charge in [-0.15, -0.1) is 0 Å². The summed E-state index contributed by atoms with van der Waals surface area (Å²) in [5, 5.41) is 11.6. The highest BCUT2D eigenvalue weighted by molar-refractivity contribution is 5.31. The summed E-state index contributed by atoms with van der Waals surface area (Å²) in [6.45, 7) is 3.51. The highest BCUT2D eigenvalue weighted by Gasteiger charge is 2.12. The number of aliphatic hydroxyl groups is 1. The Kier molecular flexibility index (Phi) is 8.10. The van der Waals surface area contributed by atoms with E-state index in [2.05, 4.69) is 5.32 Å². The minimum absolute atomic E-state index is 0.0290. The third-order valence-corrected chi connectivity index (χ3v) is 2.52. The van der Waals surface area contributed by atoms with Crippen molar-refractivity contribution >= 4 is 0 Å². The minimum Gasteiger partial charge on any atom is -0.485 e. The van der Waals surface area contributed by atoms with Crippen LogP contribution in [-0.4, -0.2) is 38.1 Å². The van der Waals surface area contributed by atoms with E-state index in [1.165, 1.54) is 12.1 Å². The fraction of sp³-hybridized carbons (Fsp3) is 0.571. The number of benzene rings is 1. The first-order valence-corrected chi connectivity index (χ1v) is 6.69. The number of nitrogens with one attached hydrogen (secondary N) is 1. The van der Waals surface area contributed by atoms with Gasteiger partial charge >= 0.3 is 0 Å². The molecule has 1 rings (SSSR count). The third kappa shape index (κ3) is 5.81. The van der Waals surface area contributed by atoms with Gasteiger partial charge in [-0.3, -0.25) is 0 Å². The zero-order valence-corrected chi connectivity index (χ0v) is 11.6. The molecule has 0 saturated carbocycles. The van der Waals surface area contributed by atoms with Crippen LogP contribution in [0.3, 0.4) is 0 Å². The maximum Gasteiger partial charge on any atom is 0.190 e. The van der Waals surface area contributed by atoms with Gasteiger partial charge in [0.1, 0.15) is 6.61 Å². The average molecular weight is 289 g/mol. The van der Waals surface area contributed by atoms with Gasteiger partial charge < -0.3 is 19.9 Å². The second-order valence-electron chi connectivity index (χ2n) is 4.25. The minimum atomic E-state index is -0.722. The Hall–Kier alpha value is -1.24. The normalized spacial score (nSPS) is 10.8. The summed E-state index contributed by atoms with van der Waals surface area (Å²) in [4.78, 5) is 0. The van der Waals surface area contributed by atoms with E-state index in [-0.39, 0.29) is 26.4 Å². The summed E-state index contributed by atoms with van der Waals surface area (Å²) >= 11 is 0. The van der Waals surface area contributed by atoms with Crippen molar-refractivity contribution in [1.29, 1.82) is 0 Å². The Balaban J connectivity index is 2.51. The Labute approximate surface area is 117 Å². The Morgan fingerprint density at radius 3 is 2.45 bits per heavy atom. The number of rotatable bonds is 10. The van der Waals surface area contributed by atoms with Gasteiger partial charge in [0, 0.05) is 6.54 Å². The number of hydrogen-bond donors (Lipinski definition) is 2. The molecule has 114 valence electrons. The first-order chi connectivity index (χ1) is 9.69. The van der Waals surface area contributed by atoms with Crippen molar-refractivity contribution in [3.8, 4) is 5.75 Å². The molecule has 0 aromatic heterocycles. The topological polar surface area (TPSA) is 50.7 Å². The molecule has 0 spiro atoms. The number of halogens is 2. The zero-order valence-electron chi connectivity index (χ0n) is 11.6.